The van der Waals surface area contributed by atoms with Crippen LogP contribution in [0.5, 0.6) is 0 Å². The molecule has 1 aliphatic carbocycles. The van der Waals surface area contributed by atoms with Gasteiger partial charge in [0, 0.05) is 11.7 Å². The molecule has 0 bridgehead atoms. The number of benzene rings is 1. The first-order valence-electron chi connectivity index (χ1n) is 7.36. The van der Waals surface area contributed by atoms with Crippen molar-refractivity contribution in [3.05, 3.63) is 29.8 Å². The van der Waals surface area contributed by atoms with Gasteiger partial charge in [-0.3, -0.25) is 0 Å². The largest absolute Gasteiger partial charge is 0.359 e. The highest BCUT2D eigenvalue weighted by atomic mass is 32.1. The van der Waals surface area contributed by atoms with Crippen molar-refractivity contribution in [2.24, 2.45) is 5.92 Å². The van der Waals surface area contributed by atoms with Gasteiger partial charge in [-0.2, -0.15) is 0 Å². The van der Waals surface area contributed by atoms with Crippen LogP contribution in [0.1, 0.15) is 45.1 Å². The second kappa shape index (κ2) is 6.90. The van der Waals surface area contributed by atoms with Crippen molar-refractivity contribution in [2.75, 3.05) is 5.32 Å². The zero-order valence-corrected chi connectivity index (χ0v) is 12.7. The summed E-state index contributed by atoms with van der Waals surface area (Å²) in [6, 6.07) is 8.89. The number of rotatable bonds is 3. The first-order valence-corrected chi connectivity index (χ1v) is 7.77. The van der Waals surface area contributed by atoms with Gasteiger partial charge in [-0.25, -0.2) is 0 Å². The molecule has 1 aromatic rings. The molecule has 2 rings (SSSR count). The Balaban J connectivity index is 1.93. The molecule has 0 radical (unpaired) electrons. The summed E-state index contributed by atoms with van der Waals surface area (Å²) >= 11 is 5.46. The predicted molar refractivity (Wildman–Crippen MR) is 86.6 cm³/mol. The Morgan fingerprint density at radius 3 is 2.74 bits per heavy atom. The Labute approximate surface area is 122 Å². The molecule has 0 heterocycles. The summed E-state index contributed by atoms with van der Waals surface area (Å²) < 4.78 is 0. The van der Waals surface area contributed by atoms with Gasteiger partial charge in [-0.05, 0) is 49.0 Å². The van der Waals surface area contributed by atoms with Crippen molar-refractivity contribution >= 4 is 23.0 Å². The number of thiocarbonyl (C=S) groups is 1. The van der Waals surface area contributed by atoms with Crippen LogP contribution >= 0.6 is 12.2 Å². The van der Waals surface area contributed by atoms with E-state index < -0.39 is 0 Å². The predicted octanol–water partition coefficient (Wildman–Crippen LogP) is 4.11. The van der Waals surface area contributed by atoms with Crippen molar-refractivity contribution in [1.82, 2.24) is 5.32 Å². The maximum atomic E-state index is 5.46. The van der Waals surface area contributed by atoms with Crippen LogP contribution in [0.4, 0.5) is 5.69 Å². The highest BCUT2D eigenvalue weighted by molar-refractivity contribution is 7.80. The van der Waals surface area contributed by atoms with Gasteiger partial charge in [-0.15, -0.1) is 0 Å². The third-order valence-corrected chi connectivity index (χ3v) is 4.29. The Bertz CT molecular complexity index is 431. The van der Waals surface area contributed by atoms with E-state index in [1.165, 1.54) is 31.2 Å². The van der Waals surface area contributed by atoms with Gasteiger partial charge in [0.25, 0.3) is 0 Å². The van der Waals surface area contributed by atoms with E-state index in [1.807, 2.05) is 6.07 Å². The van der Waals surface area contributed by atoms with Crippen LogP contribution in [-0.2, 0) is 6.42 Å². The zero-order valence-electron chi connectivity index (χ0n) is 11.9. The number of hydrogen-bond acceptors (Lipinski definition) is 1. The van der Waals surface area contributed by atoms with E-state index in [0.717, 1.165) is 23.1 Å². The molecule has 1 aliphatic rings. The first-order chi connectivity index (χ1) is 9.20. The van der Waals surface area contributed by atoms with Gasteiger partial charge in [0.2, 0.25) is 0 Å². The van der Waals surface area contributed by atoms with E-state index in [0.29, 0.717) is 6.04 Å². The Kier molecular flexibility index (Phi) is 5.20. The number of anilines is 1. The molecule has 0 aliphatic heterocycles. The third kappa shape index (κ3) is 3.93. The normalized spacial score (nSPS) is 22.8. The number of aryl methyl sites for hydroxylation is 1. The monoisotopic (exact) mass is 276 g/mol. The first kappa shape index (κ1) is 14.3. The summed E-state index contributed by atoms with van der Waals surface area (Å²) in [5.74, 6) is 0.718. The third-order valence-electron chi connectivity index (χ3n) is 4.07. The molecular formula is C16H24N2S. The molecule has 19 heavy (non-hydrogen) atoms. The summed E-state index contributed by atoms with van der Waals surface area (Å²) in [4.78, 5) is 0. The number of para-hydroxylation sites is 1. The fourth-order valence-corrected chi connectivity index (χ4v) is 3.07. The molecule has 0 saturated heterocycles. The lowest BCUT2D eigenvalue weighted by atomic mass is 9.86. The van der Waals surface area contributed by atoms with Crippen LogP contribution in [0.3, 0.4) is 0 Å². The van der Waals surface area contributed by atoms with Crippen LogP contribution in [0.15, 0.2) is 24.3 Å². The van der Waals surface area contributed by atoms with Gasteiger partial charge >= 0.3 is 0 Å². The molecule has 0 spiro atoms. The van der Waals surface area contributed by atoms with Crippen LogP contribution in [0, 0.1) is 5.92 Å². The lowest BCUT2D eigenvalue weighted by Gasteiger charge is -2.30. The molecule has 0 unspecified atom stereocenters. The van der Waals surface area contributed by atoms with Gasteiger partial charge in [0.1, 0.15) is 0 Å². The Morgan fingerprint density at radius 1 is 1.26 bits per heavy atom. The lowest BCUT2D eigenvalue weighted by molar-refractivity contribution is 0.309. The molecule has 2 N–H and O–H groups in total. The molecule has 1 aromatic carbocycles. The van der Waals surface area contributed by atoms with Crippen LogP contribution in [0.25, 0.3) is 0 Å². The number of nitrogens with one attached hydrogen (secondary N) is 2. The van der Waals surface area contributed by atoms with Gasteiger partial charge in [0.15, 0.2) is 5.11 Å². The maximum absolute atomic E-state index is 5.46. The summed E-state index contributed by atoms with van der Waals surface area (Å²) in [6.07, 6.45) is 6.24. The maximum Gasteiger partial charge on any atom is 0.171 e. The van der Waals surface area contributed by atoms with Crippen LogP contribution in [-0.4, -0.2) is 11.2 Å². The average Bonchev–Trinajstić information content (AvgIpc) is 2.42. The molecule has 0 aromatic heterocycles. The van der Waals surface area contributed by atoms with E-state index in [2.05, 4.69) is 42.7 Å². The number of hydrogen-bond donors (Lipinski definition) is 2. The van der Waals surface area contributed by atoms with Crippen molar-refractivity contribution in [2.45, 2.75) is 52.0 Å². The average molecular weight is 276 g/mol. The van der Waals surface area contributed by atoms with Crippen molar-refractivity contribution in [1.29, 1.82) is 0 Å². The van der Waals surface area contributed by atoms with Crippen molar-refractivity contribution in [3.63, 3.8) is 0 Å². The Hall–Kier alpha value is -1.09. The summed E-state index contributed by atoms with van der Waals surface area (Å²) in [5, 5.41) is 7.60. The topological polar surface area (TPSA) is 24.1 Å². The molecule has 2 atom stereocenters. The molecule has 3 heteroatoms. The van der Waals surface area contributed by atoms with Gasteiger partial charge in [0.05, 0.1) is 0 Å². The molecule has 1 saturated carbocycles. The SMILES string of the molecule is CCc1ccccc1NC(=S)N[C@@H]1CCCC[C@H]1C. The molecule has 0 amide bonds. The van der Waals surface area contributed by atoms with Crippen LogP contribution < -0.4 is 10.6 Å². The second-order valence-electron chi connectivity index (χ2n) is 5.48. The van der Waals surface area contributed by atoms with E-state index in [4.69, 9.17) is 12.2 Å². The van der Waals surface area contributed by atoms with E-state index in [9.17, 15) is 0 Å². The standard InChI is InChI=1S/C16H24N2S/c1-3-13-9-5-7-11-15(13)18-16(19)17-14-10-6-4-8-12(14)2/h5,7,9,11-12,14H,3-4,6,8,10H2,1-2H3,(H2,17,18,19)/t12-,14-/m1/s1. The van der Waals surface area contributed by atoms with E-state index in [-0.39, 0.29) is 0 Å². The molecule has 2 nitrogen and oxygen atoms in total. The van der Waals surface area contributed by atoms with Crippen LogP contribution in [0.2, 0.25) is 0 Å². The summed E-state index contributed by atoms with van der Waals surface area (Å²) in [6.45, 7) is 4.49. The second-order valence-corrected chi connectivity index (χ2v) is 5.89. The van der Waals surface area contributed by atoms with Gasteiger partial charge in [-0.1, -0.05) is 44.9 Å². The van der Waals surface area contributed by atoms with Gasteiger partial charge < -0.3 is 10.6 Å². The molecule has 104 valence electrons. The van der Waals surface area contributed by atoms with Crippen molar-refractivity contribution < 1.29 is 0 Å². The summed E-state index contributed by atoms with van der Waals surface area (Å²) in [5.41, 5.74) is 2.44. The minimum absolute atomic E-state index is 0.530. The lowest BCUT2D eigenvalue weighted by Crippen LogP contribution is -2.43. The summed E-state index contributed by atoms with van der Waals surface area (Å²) in [7, 11) is 0. The quantitative estimate of drug-likeness (QED) is 0.812. The van der Waals surface area contributed by atoms with Crippen molar-refractivity contribution in [3.8, 4) is 0 Å². The fourth-order valence-electron chi connectivity index (χ4n) is 2.81. The molecular weight excluding hydrogens is 252 g/mol. The Morgan fingerprint density at radius 2 is 2.00 bits per heavy atom. The van der Waals surface area contributed by atoms with E-state index in [1.54, 1.807) is 0 Å². The minimum Gasteiger partial charge on any atom is -0.359 e. The smallest absolute Gasteiger partial charge is 0.171 e. The van der Waals surface area contributed by atoms with E-state index >= 15 is 0 Å². The minimum atomic E-state index is 0.530. The highest BCUT2D eigenvalue weighted by Gasteiger charge is 2.21. The highest BCUT2D eigenvalue weighted by Crippen LogP contribution is 2.24. The zero-order chi connectivity index (χ0) is 13.7. The fraction of sp³-hybridized carbons (Fsp3) is 0.562. The molecule has 1 fully saturated rings.